The Morgan fingerprint density at radius 2 is 2.00 bits per heavy atom. The van der Waals surface area contributed by atoms with E-state index in [1.165, 1.54) is 11.7 Å². The van der Waals surface area contributed by atoms with E-state index >= 15 is 0 Å². The van der Waals surface area contributed by atoms with Crippen LogP contribution in [0.2, 0.25) is 5.02 Å². The molecule has 1 saturated heterocycles. The molecule has 0 unspecified atom stereocenters. The first-order valence-corrected chi connectivity index (χ1v) is 9.98. The highest BCUT2D eigenvalue weighted by atomic mass is 35.5. The fourth-order valence-corrected chi connectivity index (χ4v) is 3.66. The van der Waals surface area contributed by atoms with Gasteiger partial charge in [-0.2, -0.15) is 4.80 Å². The Hall–Kier alpha value is -3.46. The Balaban J connectivity index is 1.69. The molecule has 2 heterocycles. The molecule has 0 N–H and O–H groups in total. The number of halogens is 1. The number of nitrogens with zero attached hydrogens (tertiary/aromatic N) is 5. The predicted octanol–water partition coefficient (Wildman–Crippen LogP) is 3.23. The third kappa shape index (κ3) is 4.51. The van der Waals surface area contributed by atoms with Crippen LogP contribution in [0.15, 0.2) is 48.5 Å². The Morgan fingerprint density at radius 3 is 2.71 bits per heavy atom. The fourth-order valence-electron chi connectivity index (χ4n) is 3.53. The van der Waals surface area contributed by atoms with E-state index in [1.807, 2.05) is 24.3 Å². The normalized spacial score (nSPS) is 18.2. The summed E-state index contributed by atoms with van der Waals surface area (Å²) < 4.78 is 11.1. The maximum atomic E-state index is 12.9. The van der Waals surface area contributed by atoms with Gasteiger partial charge in [-0.25, -0.2) is 4.79 Å². The van der Waals surface area contributed by atoms with Crippen molar-refractivity contribution in [1.82, 2.24) is 20.2 Å². The van der Waals surface area contributed by atoms with Gasteiger partial charge in [0.15, 0.2) is 5.82 Å². The lowest BCUT2D eigenvalue weighted by Crippen LogP contribution is -2.31. The average molecular weight is 442 g/mol. The first-order valence-electron chi connectivity index (χ1n) is 9.60. The largest absolute Gasteiger partial charge is 0.497 e. The number of aromatic nitrogens is 4. The molecule has 3 aromatic rings. The number of amides is 1. The third-order valence-electron chi connectivity index (χ3n) is 4.86. The molecule has 1 fully saturated rings. The Kier molecular flexibility index (Phi) is 5.85. The van der Waals surface area contributed by atoms with Gasteiger partial charge in [0.25, 0.3) is 0 Å². The number of benzene rings is 2. The number of ether oxygens (including phenoxy) is 2. The molecular formula is C21H20ClN5O4. The van der Waals surface area contributed by atoms with Gasteiger partial charge in [-0.15, -0.1) is 10.2 Å². The Bertz CT molecular complexity index is 1100. The Morgan fingerprint density at radius 1 is 1.23 bits per heavy atom. The van der Waals surface area contributed by atoms with Crippen LogP contribution in [0.3, 0.4) is 0 Å². The molecule has 10 heteroatoms. The minimum absolute atomic E-state index is 0.0602. The van der Waals surface area contributed by atoms with Gasteiger partial charge in [0.1, 0.15) is 30.2 Å². The zero-order valence-electron chi connectivity index (χ0n) is 16.9. The van der Waals surface area contributed by atoms with E-state index in [9.17, 15) is 9.59 Å². The molecule has 1 aliphatic rings. The molecule has 2 aromatic carbocycles. The lowest BCUT2D eigenvalue weighted by molar-refractivity contribution is -0.116. The molecule has 1 amide bonds. The van der Waals surface area contributed by atoms with Crippen molar-refractivity contribution in [3.8, 4) is 5.75 Å². The number of Topliss-reactive ketones (excluding diaryl/α,β-unsaturated/α-hetero) is 1. The summed E-state index contributed by atoms with van der Waals surface area (Å²) in [4.78, 5) is 27.1. The van der Waals surface area contributed by atoms with E-state index in [0.29, 0.717) is 22.3 Å². The van der Waals surface area contributed by atoms with Crippen LogP contribution in [0, 0.1) is 0 Å². The standard InChI is InChI=1S/C21H20ClN5O4/c1-13(28)10-19-23-25-26(24-19)12-18-20(14-4-3-5-17(11-14)30-2)27(21(29)31-18)16-8-6-15(22)7-9-16/h3-9,11,18,20H,10,12H2,1-2H3/t18-,20-/m0/s1. The highest BCUT2D eigenvalue weighted by Crippen LogP contribution is 2.39. The summed E-state index contributed by atoms with van der Waals surface area (Å²) in [6, 6.07) is 13.9. The zero-order valence-corrected chi connectivity index (χ0v) is 17.7. The van der Waals surface area contributed by atoms with Gasteiger partial charge >= 0.3 is 6.09 Å². The van der Waals surface area contributed by atoms with Crippen LogP contribution in [0.25, 0.3) is 0 Å². The van der Waals surface area contributed by atoms with Crippen LogP contribution >= 0.6 is 11.6 Å². The van der Waals surface area contributed by atoms with Gasteiger partial charge in [0.2, 0.25) is 0 Å². The van der Waals surface area contributed by atoms with Crippen LogP contribution in [-0.4, -0.2) is 45.3 Å². The molecule has 1 aliphatic heterocycles. The van der Waals surface area contributed by atoms with E-state index in [4.69, 9.17) is 21.1 Å². The molecule has 0 saturated carbocycles. The van der Waals surface area contributed by atoms with E-state index < -0.39 is 18.2 Å². The lowest BCUT2D eigenvalue weighted by atomic mass is 9.99. The fraction of sp³-hybridized carbons (Fsp3) is 0.286. The summed E-state index contributed by atoms with van der Waals surface area (Å²) >= 11 is 6.02. The molecule has 1 aromatic heterocycles. The van der Waals surface area contributed by atoms with Crippen LogP contribution < -0.4 is 9.64 Å². The Labute approximate surface area is 183 Å². The van der Waals surface area contributed by atoms with Crippen LogP contribution in [0.4, 0.5) is 10.5 Å². The maximum Gasteiger partial charge on any atom is 0.415 e. The quantitative estimate of drug-likeness (QED) is 0.554. The van der Waals surface area contributed by atoms with Crippen molar-refractivity contribution in [3.05, 3.63) is 64.9 Å². The zero-order chi connectivity index (χ0) is 22.0. The lowest BCUT2D eigenvalue weighted by Gasteiger charge is -2.25. The van der Waals surface area contributed by atoms with Crippen molar-refractivity contribution in [1.29, 1.82) is 0 Å². The van der Waals surface area contributed by atoms with Crippen molar-refractivity contribution in [2.24, 2.45) is 0 Å². The summed E-state index contributed by atoms with van der Waals surface area (Å²) in [5.74, 6) is 0.925. The monoisotopic (exact) mass is 441 g/mol. The summed E-state index contributed by atoms with van der Waals surface area (Å²) in [6.07, 6.45) is -1.00. The second kappa shape index (κ2) is 8.73. The summed E-state index contributed by atoms with van der Waals surface area (Å²) in [5, 5.41) is 12.7. The number of hydrogen-bond donors (Lipinski definition) is 0. The number of hydrogen-bond acceptors (Lipinski definition) is 7. The van der Waals surface area contributed by atoms with Gasteiger partial charge < -0.3 is 9.47 Å². The average Bonchev–Trinajstić information content (AvgIpc) is 3.31. The van der Waals surface area contributed by atoms with Crippen molar-refractivity contribution in [2.45, 2.75) is 32.0 Å². The molecule has 0 radical (unpaired) electrons. The topological polar surface area (TPSA) is 99.4 Å². The molecular weight excluding hydrogens is 422 g/mol. The molecule has 0 spiro atoms. The molecule has 160 valence electrons. The van der Waals surface area contributed by atoms with Gasteiger partial charge in [-0.1, -0.05) is 23.7 Å². The second-order valence-electron chi connectivity index (χ2n) is 7.13. The van der Waals surface area contributed by atoms with Crippen molar-refractivity contribution >= 4 is 29.2 Å². The first-order chi connectivity index (χ1) is 14.9. The number of carbonyl (C=O) groups is 2. The van der Waals surface area contributed by atoms with Gasteiger partial charge in [0, 0.05) is 10.7 Å². The molecule has 0 bridgehead atoms. The van der Waals surface area contributed by atoms with E-state index in [1.54, 1.807) is 36.3 Å². The highest BCUT2D eigenvalue weighted by Gasteiger charge is 2.44. The molecule has 31 heavy (non-hydrogen) atoms. The van der Waals surface area contributed by atoms with Crippen molar-refractivity contribution < 1.29 is 19.1 Å². The van der Waals surface area contributed by atoms with E-state index in [0.717, 1.165) is 5.56 Å². The third-order valence-corrected chi connectivity index (χ3v) is 5.12. The number of carbonyl (C=O) groups excluding carboxylic acids is 2. The molecule has 4 rings (SSSR count). The molecule has 0 aliphatic carbocycles. The van der Waals surface area contributed by atoms with Crippen molar-refractivity contribution in [3.63, 3.8) is 0 Å². The first kappa shape index (κ1) is 20.8. The van der Waals surface area contributed by atoms with Crippen LogP contribution in [-0.2, 0) is 22.5 Å². The summed E-state index contributed by atoms with van der Waals surface area (Å²) in [5.41, 5.74) is 1.47. The predicted molar refractivity (Wildman–Crippen MR) is 112 cm³/mol. The number of anilines is 1. The number of ketones is 1. The SMILES string of the molecule is COc1cccc([C@H]2[C@H](Cn3nnc(CC(C)=O)n3)OC(=O)N2c2ccc(Cl)cc2)c1. The van der Waals surface area contributed by atoms with Crippen LogP contribution in [0.5, 0.6) is 5.75 Å². The second-order valence-corrected chi connectivity index (χ2v) is 7.57. The summed E-state index contributed by atoms with van der Waals surface area (Å²) in [7, 11) is 1.58. The highest BCUT2D eigenvalue weighted by molar-refractivity contribution is 6.30. The molecule has 2 atom stereocenters. The van der Waals surface area contributed by atoms with Gasteiger partial charge in [-0.05, 0) is 54.1 Å². The number of methoxy groups -OCH3 is 1. The van der Waals surface area contributed by atoms with Gasteiger partial charge in [0.05, 0.1) is 13.5 Å². The minimum Gasteiger partial charge on any atom is -0.497 e. The number of tetrazole rings is 1. The minimum atomic E-state index is -0.602. The maximum absolute atomic E-state index is 12.9. The molecule has 9 nitrogen and oxygen atoms in total. The van der Waals surface area contributed by atoms with Crippen LogP contribution in [0.1, 0.15) is 24.4 Å². The number of cyclic esters (lactones) is 1. The van der Waals surface area contributed by atoms with Gasteiger partial charge in [-0.3, -0.25) is 9.69 Å². The van der Waals surface area contributed by atoms with E-state index in [-0.39, 0.29) is 18.7 Å². The van der Waals surface area contributed by atoms with E-state index in [2.05, 4.69) is 15.4 Å². The van der Waals surface area contributed by atoms with Crippen molar-refractivity contribution in [2.75, 3.05) is 12.0 Å². The number of rotatable bonds is 7. The summed E-state index contributed by atoms with van der Waals surface area (Å²) in [6.45, 7) is 1.63. The smallest absolute Gasteiger partial charge is 0.415 e.